The Hall–Kier alpha value is -2.98. The van der Waals surface area contributed by atoms with Gasteiger partial charge in [0.05, 0.1) is 33.3 Å². The second kappa shape index (κ2) is 10.1. The first-order valence-corrected chi connectivity index (χ1v) is 11.5. The van der Waals surface area contributed by atoms with Gasteiger partial charge < -0.3 is 24.3 Å². The van der Waals surface area contributed by atoms with Crippen LogP contribution in [0.1, 0.15) is 23.2 Å². The Bertz CT molecular complexity index is 1030. The normalized spacial score (nSPS) is 16.4. The highest BCUT2D eigenvalue weighted by molar-refractivity contribution is 7.89. The fourth-order valence-electron chi connectivity index (χ4n) is 3.74. The van der Waals surface area contributed by atoms with Crippen LogP contribution in [0.4, 0.5) is 0 Å². The molecular weight excluding hydrogens is 436 g/mol. The molecule has 0 radical (unpaired) electrons. The van der Waals surface area contributed by atoms with Crippen LogP contribution in [0.25, 0.3) is 0 Å². The molecule has 10 heteroatoms. The molecule has 0 aliphatic carbocycles. The van der Waals surface area contributed by atoms with E-state index in [0.717, 1.165) is 6.42 Å². The lowest BCUT2D eigenvalue weighted by Crippen LogP contribution is -2.43. The molecule has 3 rings (SSSR count). The van der Waals surface area contributed by atoms with E-state index in [4.69, 9.17) is 18.9 Å². The molecule has 1 aliphatic rings. The van der Waals surface area contributed by atoms with E-state index in [1.54, 1.807) is 24.3 Å². The molecule has 0 spiro atoms. The fraction of sp³-hybridized carbons (Fsp3) is 0.409. The van der Waals surface area contributed by atoms with E-state index in [9.17, 15) is 13.2 Å². The van der Waals surface area contributed by atoms with E-state index in [-0.39, 0.29) is 23.4 Å². The van der Waals surface area contributed by atoms with Gasteiger partial charge in [0, 0.05) is 24.7 Å². The molecule has 1 fully saturated rings. The van der Waals surface area contributed by atoms with Crippen LogP contribution >= 0.6 is 0 Å². The average Bonchev–Trinajstić information content (AvgIpc) is 3.31. The Labute approximate surface area is 188 Å². The number of carbonyl (C=O) groups excluding carboxylic acids is 1. The smallest absolute Gasteiger partial charge is 0.251 e. The SMILES string of the molecule is COc1ccc(S(=O)(=O)N2CCC[C@H]2CNC(=O)c2cc(OC)c(OC)c(OC)c2)cc1. The molecule has 1 aliphatic heterocycles. The van der Waals surface area contributed by atoms with Crippen LogP contribution in [0.5, 0.6) is 23.0 Å². The van der Waals surface area contributed by atoms with E-state index < -0.39 is 10.0 Å². The van der Waals surface area contributed by atoms with Crippen molar-refractivity contribution in [2.45, 2.75) is 23.8 Å². The first-order valence-electron chi connectivity index (χ1n) is 10.1. The topological polar surface area (TPSA) is 103 Å². The Balaban J connectivity index is 1.74. The molecule has 1 heterocycles. The largest absolute Gasteiger partial charge is 0.497 e. The van der Waals surface area contributed by atoms with Crippen molar-refractivity contribution in [3.05, 3.63) is 42.0 Å². The lowest BCUT2D eigenvalue weighted by molar-refractivity contribution is 0.0945. The number of hydrogen-bond donors (Lipinski definition) is 1. The monoisotopic (exact) mass is 464 g/mol. The van der Waals surface area contributed by atoms with Gasteiger partial charge in [-0.05, 0) is 49.2 Å². The number of hydrogen-bond acceptors (Lipinski definition) is 7. The number of carbonyl (C=O) groups is 1. The molecule has 0 unspecified atom stereocenters. The quantitative estimate of drug-likeness (QED) is 0.607. The third kappa shape index (κ3) is 4.76. The van der Waals surface area contributed by atoms with Crippen molar-refractivity contribution in [3.8, 4) is 23.0 Å². The molecule has 0 saturated carbocycles. The maximum Gasteiger partial charge on any atom is 0.251 e. The summed E-state index contributed by atoms with van der Waals surface area (Å²) in [5.74, 6) is 1.33. The van der Waals surface area contributed by atoms with Crippen molar-refractivity contribution in [3.63, 3.8) is 0 Å². The number of benzene rings is 2. The molecule has 0 aromatic heterocycles. The van der Waals surface area contributed by atoms with Gasteiger partial charge in [-0.2, -0.15) is 4.31 Å². The van der Waals surface area contributed by atoms with Crippen molar-refractivity contribution >= 4 is 15.9 Å². The summed E-state index contributed by atoms with van der Waals surface area (Å²) < 4.78 is 48.7. The zero-order chi connectivity index (χ0) is 23.3. The predicted octanol–water partition coefficient (Wildman–Crippen LogP) is 2.30. The number of methoxy groups -OCH3 is 4. The molecule has 0 bridgehead atoms. The molecule has 1 saturated heterocycles. The maximum absolute atomic E-state index is 13.1. The summed E-state index contributed by atoms with van der Waals surface area (Å²) in [6, 6.07) is 9.05. The van der Waals surface area contributed by atoms with Crippen molar-refractivity contribution < 1.29 is 32.2 Å². The molecule has 2 aromatic carbocycles. The van der Waals surface area contributed by atoms with Crippen LogP contribution in [0.3, 0.4) is 0 Å². The van der Waals surface area contributed by atoms with Crippen molar-refractivity contribution in [2.75, 3.05) is 41.5 Å². The number of rotatable bonds is 9. The van der Waals surface area contributed by atoms with Crippen LogP contribution in [0.15, 0.2) is 41.3 Å². The first kappa shape index (κ1) is 23.7. The van der Waals surface area contributed by atoms with Crippen molar-refractivity contribution in [1.82, 2.24) is 9.62 Å². The maximum atomic E-state index is 13.1. The lowest BCUT2D eigenvalue weighted by atomic mass is 10.1. The summed E-state index contributed by atoms with van der Waals surface area (Å²) in [5.41, 5.74) is 0.321. The minimum absolute atomic E-state index is 0.185. The standard InChI is InChI=1S/C22H28N2O7S/c1-28-17-7-9-18(10-8-17)32(26,27)24-11-5-6-16(24)14-23-22(25)15-12-19(29-2)21(31-4)20(13-15)30-3/h7-10,12-13,16H,5-6,11,14H2,1-4H3,(H,23,25)/t16-/m0/s1. The van der Waals surface area contributed by atoms with Gasteiger partial charge in [0.1, 0.15) is 5.75 Å². The summed E-state index contributed by atoms with van der Waals surface area (Å²) in [5, 5.41) is 2.84. The van der Waals surface area contributed by atoms with Gasteiger partial charge in [-0.15, -0.1) is 0 Å². The van der Waals surface area contributed by atoms with Crippen LogP contribution in [0.2, 0.25) is 0 Å². The number of ether oxygens (including phenoxy) is 4. The van der Waals surface area contributed by atoms with Crippen LogP contribution in [0, 0.1) is 0 Å². The first-order chi connectivity index (χ1) is 15.3. The van der Waals surface area contributed by atoms with Gasteiger partial charge in [-0.25, -0.2) is 8.42 Å². The summed E-state index contributed by atoms with van der Waals surface area (Å²) in [6.07, 6.45) is 1.38. The minimum atomic E-state index is -3.69. The highest BCUT2D eigenvalue weighted by Crippen LogP contribution is 2.38. The molecule has 174 valence electrons. The number of nitrogens with one attached hydrogen (secondary N) is 1. The summed E-state index contributed by atoms with van der Waals surface area (Å²) in [7, 11) is 2.27. The molecular formula is C22H28N2O7S. The average molecular weight is 465 g/mol. The number of sulfonamides is 1. The zero-order valence-corrected chi connectivity index (χ0v) is 19.4. The van der Waals surface area contributed by atoms with Gasteiger partial charge in [0.25, 0.3) is 5.91 Å². The third-order valence-corrected chi connectivity index (χ3v) is 7.38. The zero-order valence-electron chi connectivity index (χ0n) is 18.6. The van der Waals surface area contributed by atoms with Gasteiger partial charge in [-0.1, -0.05) is 0 Å². The third-order valence-electron chi connectivity index (χ3n) is 5.41. The fourth-order valence-corrected chi connectivity index (χ4v) is 5.43. The summed E-state index contributed by atoms with van der Waals surface area (Å²) in [4.78, 5) is 13.0. The van der Waals surface area contributed by atoms with Crippen LogP contribution in [-0.2, 0) is 10.0 Å². The Morgan fingerprint density at radius 1 is 1.00 bits per heavy atom. The van der Waals surface area contributed by atoms with E-state index >= 15 is 0 Å². The van der Waals surface area contributed by atoms with Crippen molar-refractivity contribution in [1.29, 1.82) is 0 Å². The van der Waals surface area contributed by atoms with Gasteiger partial charge in [0.2, 0.25) is 15.8 Å². The van der Waals surface area contributed by atoms with E-state index in [1.807, 2.05) is 0 Å². The van der Waals surface area contributed by atoms with Gasteiger partial charge in [-0.3, -0.25) is 4.79 Å². The molecule has 32 heavy (non-hydrogen) atoms. The lowest BCUT2D eigenvalue weighted by Gasteiger charge is -2.24. The van der Waals surface area contributed by atoms with Gasteiger partial charge in [0.15, 0.2) is 11.5 Å². The Morgan fingerprint density at radius 2 is 1.62 bits per heavy atom. The summed E-state index contributed by atoms with van der Waals surface area (Å²) >= 11 is 0. The second-order valence-corrected chi connectivity index (χ2v) is 9.10. The Morgan fingerprint density at radius 3 is 2.16 bits per heavy atom. The van der Waals surface area contributed by atoms with Crippen LogP contribution < -0.4 is 24.3 Å². The predicted molar refractivity (Wildman–Crippen MR) is 118 cm³/mol. The highest BCUT2D eigenvalue weighted by Gasteiger charge is 2.35. The van der Waals surface area contributed by atoms with Crippen molar-refractivity contribution in [2.24, 2.45) is 0 Å². The summed E-state index contributed by atoms with van der Waals surface area (Å²) in [6.45, 7) is 0.587. The van der Waals surface area contributed by atoms with E-state index in [0.29, 0.717) is 41.5 Å². The second-order valence-electron chi connectivity index (χ2n) is 7.21. The molecule has 2 aromatic rings. The van der Waals surface area contributed by atoms with Crippen LogP contribution in [-0.4, -0.2) is 66.2 Å². The van der Waals surface area contributed by atoms with Gasteiger partial charge >= 0.3 is 0 Å². The highest BCUT2D eigenvalue weighted by atomic mass is 32.2. The molecule has 1 atom stereocenters. The number of nitrogens with zero attached hydrogens (tertiary/aromatic N) is 1. The van der Waals surface area contributed by atoms with E-state index in [2.05, 4.69) is 5.32 Å². The van der Waals surface area contributed by atoms with E-state index in [1.165, 1.54) is 44.9 Å². The Kier molecular flexibility index (Phi) is 7.47. The molecule has 1 N–H and O–H groups in total. The number of amides is 1. The molecule has 9 nitrogen and oxygen atoms in total. The molecule has 1 amide bonds. The minimum Gasteiger partial charge on any atom is -0.497 e.